The van der Waals surface area contributed by atoms with Crippen molar-refractivity contribution in [1.82, 2.24) is 29.9 Å². The number of hydrogen-bond donors (Lipinski definition) is 0. The molecule has 34 heavy (non-hydrogen) atoms. The summed E-state index contributed by atoms with van der Waals surface area (Å²) in [6, 6.07) is 3.71. The fraction of sp³-hybridized carbons (Fsp3) is 0.435. The predicted octanol–water partition coefficient (Wildman–Crippen LogP) is 3.85. The van der Waals surface area contributed by atoms with Gasteiger partial charge in [0.05, 0.1) is 24.0 Å². The Kier molecular flexibility index (Phi) is 5.49. The zero-order chi connectivity index (χ0) is 24.0. The first-order valence-electron chi connectivity index (χ1n) is 11.1. The number of hydrogen-bond acceptors (Lipinski definition) is 6. The van der Waals surface area contributed by atoms with Crippen molar-refractivity contribution in [3.8, 4) is 11.6 Å². The van der Waals surface area contributed by atoms with Gasteiger partial charge in [-0.25, -0.2) is 9.97 Å². The van der Waals surface area contributed by atoms with Crippen molar-refractivity contribution in [2.45, 2.75) is 57.5 Å². The minimum atomic E-state index is -4.46. The second-order valence-corrected chi connectivity index (χ2v) is 8.83. The summed E-state index contributed by atoms with van der Waals surface area (Å²) in [4.78, 5) is 25.2. The molecule has 0 N–H and O–H groups in total. The number of piperidine rings is 2. The van der Waals surface area contributed by atoms with Crippen LogP contribution in [0.2, 0.25) is 0 Å². The van der Waals surface area contributed by atoms with Gasteiger partial charge in [0.1, 0.15) is 11.8 Å². The topological polar surface area (TPSA) is 86.0 Å². The number of nitrogens with zero attached hydrogens (tertiary/aromatic N) is 6. The van der Waals surface area contributed by atoms with E-state index < -0.39 is 11.7 Å². The maximum atomic E-state index is 13.8. The number of aryl methyl sites for hydroxylation is 1. The van der Waals surface area contributed by atoms with Crippen molar-refractivity contribution in [2.24, 2.45) is 5.92 Å². The van der Waals surface area contributed by atoms with Crippen LogP contribution in [0.5, 0.6) is 5.88 Å². The van der Waals surface area contributed by atoms with Gasteiger partial charge in [-0.15, -0.1) is 4.80 Å². The lowest BCUT2D eigenvalue weighted by Crippen LogP contribution is -2.63. The van der Waals surface area contributed by atoms with E-state index in [1.54, 1.807) is 11.1 Å². The molecule has 2 aliphatic heterocycles. The summed E-state index contributed by atoms with van der Waals surface area (Å²) in [6.07, 6.45) is 3.00. The molecule has 5 heterocycles. The SMILES string of the molecule is Cc1cnc(C(=O)N2C(C)C3CCC2C(Oc2ccc(C(F)(F)F)cn2)C3)c(-n2nccn2)c1. The van der Waals surface area contributed by atoms with Crippen LogP contribution in [0.3, 0.4) is 0 Å². The highest BCUT2D eigenvalue weighted by Crippen LogP contribution is 2.42. The molecule has 11 heteroatoms. The van der Waals surface area contributed by atoms with Gasteiger partial charge in [0, 0.05) is 24.5 Å². The van der Waals surface area contributed by atoms with E-state index in [1.165, 1.54) is 23.3 Å². The standard InChI is InChI=1S/C23H23F3N6O2/c1-13-9-18(32-29-7-8-30-32)21(28-11-13)22(33)31-14(2)15-3-5-17(31)19(10-15)34-20-6-4-16(12-27-20)23(24,25)26/h4,6-9,11-12,14-15,17,19H,3,5,10H2,1-2H3. The molecule has 3 aromatic rings. The van der Waals surface area contributed by atoms with E-state index in [4.69, 9.17) is 4.74 Å². The van der Waals surface area contributed by atoms with Gasteiger partial charge in [0.2, 0.25) is 5.88 Å². The molecule has 4 atom stereocenters. The Morgan fingerprint density at radius 3 is 2.56 bits per heavy atom. The van der Waals surface area contributed by atoms with Crippen LogP contribution >= 0.6 is 0 Å². The lowest BCUT2D eigenvalue weighted by molar-refractivity contribution is -0.137. The molecule has 8 nitrogen and oxygen atoms in total. The highest BCUT2D eigenvalue weighted by Gasteiger charge is 2.49. The zero-order valence-electron chi connectivity index (χ0n) is 18.6. The smallest absolute Gasteiger partial charge is 0.417 e. The second kappa shape index (κ2) is 8.37. The van der Waals surface area contributed by atoms with Crippen LogP contribution < -0.4 is 4.74 Å². The average molecular weight is 472 g/mol. The molecule has 178 valence electrons. The van der Waals surface area contributed by atoms with E-state index in [-0.39, 0.29) is 41.6 Å². The van der Waals surface area contributed by atoms with Crippen LogP contribution in [-0.4, -0.2) is 54.0 Å². The molecule has 0 radical (unpaired) electrons. The first kappa shape index (κ1) is 22.3. The molecule has 2 bridgehead atoms. The van der Waals surface area contributed by atoms with Crippen molar-refractivity contribution in [2.75, 3.05) is 0 Å². The van der Waals surface area contributed by atoms with Crippen LogP contribution in [0, 0.1) is 12.8 Å². The van der Waals surface area contributed by atoms with E-state index >= 15 is 0 Å². The van der Waals surface area contributed by atoms with Crippen LogP contribution in [-0.2, 0) is 6.18 Å². The summed E-state index contributed by atoms with van der Waals surface area (Å²) in [5, 5.41) is 8.32. The number of amides is 1. The maximum Gasteiger partial charge on any atom is 0.417 e. The molecule has 0 aromatic carbocycles. The number of rotatable bonds is 4. The van der Waals surface area contributed by atoms with Crippen LogP contribution in [0.15, 0.2) is 43.0 Å². The maximum absolute atomic E-state index is 13.8. The molecule has 3 aliphatic rings. The Morgan fingerprint density at radius 1 is 1.12 bits per heavy atom. The molecular formula is C23H23F3N6O2. The third-order valence-corrected chi connectivity index (χ3v) is 6.69. The Labute approximate surface area is 193 Å². The first-order chi connectivity index (χ1) is 16.2. The number of halogens is 3. The number of carbonyl (C=O) groups is 1. The van der Waals surface area contributed by atoms with E-state index in [9.17, 15) is 18.0 Å². The Hall–Kier alpha value is -3.50. The fourth-order valence-electron chi connectivity index (χ4n) is 5.00. The molecule has 3 fully saturated rings. The van der Waals surface area contributed by atoms with E-state index in [0.29, 0.717) is 12.1 Å². The van der Waals surface area contributed by atoms with Gasteiger partial charge in [-0.1, -0.05) is 0 Å². The molecule has 0 spiro atoms. The van der Waals surface area contributed by atoms with Crippen molar-refractivity contribution in [3.05, 3.63) is 59.8 Å². The third kappa shape index (κ3) is 3.99. The Morgan fingerprint density at radius 2 is 1.88 bits per heavy atom. The minimum absolute atomic E-state index is 0.0341. The fourth-order valence-corrected chi connectivity index (χ4v) is 5.00. The predicted molar refractivity (Wildman–Crippen MR) is 114 cm³/mol. The highest BCUT2D eigenvalue weighted by atomic mass is 19.4. The Bertz CT molecular complexity index is 1180. The van der Waals surface area contributed by atoms with E-state index in [2.05, 4.69) is 20.2 Å². The number of ether oxygens (including phenoxy) is 1. The molecule has 6 rings (SSSR count). The molecule has 1 aliphatic carbocycles. The summed E-state index contributed by atoms with van der Waals surface area (Å²) in [5.41, 5.74) is 0.769. The van der Waals surface area contributed by atoms with Gasteiger partial charge < -0.3 is 9.64 Å². The Balaban J connectivity index is 1.42. The monoisotopic (exact) mass is 472 g/mol. The highest BCUT2D eigenvalue weighted by molar-refractivity contribution is 5.96. The molecule has 2 saturated heterocycles. The zero-order valence-corrected chi connectivity index (χ0v) is 18.6. The number of carbonyl (C=O) groups excluding carboxylic acids is 1. The van der Waals surface area contributed by atoms with Gasteiger partial charge in [-0.3, -0.25) is 4.79 Å². The molecule has 1 amide bonds. The van der Waals surface area contributed by atoms with Gasteiger partial charge in [0.15, 0.2) is 5.69 Å². The van der Waals surface area contributed by atoms with Crippen LogP contribution in [0.1, 0.15) is 47.8 Å². The third-order valence-electron chi connectivity index (χ3n) is 6.69. The quantitative estimate of drug-likeness (QED) is 0.574. The summed E-state index contributed by atoms with van der Waals surface area (Å²) in [7, 11) is 0. The van der Waals surface area contributed by atoms with Crippen LogP contribution in [0.25, 0.3) is 5.69 Å². The lowest BCUT2D eigenvalue weighted by Gasteiger charge is -2.53. The summed E-state index contributed by atoms with van der Waals surface area (Å²) < 4.78 is 44.6. The number of fused-ring (bicyclic) bond motifs is 3. The molecule has 3 aromatic heterocycles. The number of pyridine rings is 2. The number of alkyl halides is 3. The second-order valence-electron chi connectivity index (χ2n) is 8.83. The first-order valence-corrected chi connectivity index (χ1v) is 11.1. The van der Waals surface area contributed by atoms with Crippen molar-refractivity contribution >= 4 is 5.91 Å². The van der Waals surface area contributed by atoms with Gasteiger partial charge in [-0.05, 0) is 56.7 Å². The van der Waals surface area contributed by atoms with Gasteiger partial charge >= 0.3 is 6.18 Å². The largest absolute Gasteiger partial charge is 0.472 e. The van der Waals surface area contributed by atoms with Crippen LogP contribution in [0.4, 0.5) is 13.2 Å². The number of aromatic nitrogens is 5. The molecular weight excluding hydrogens is 449 g/mol. The van der Waals surface area contributed by atoms with E-state index in [0.717, 1.165) is 30.7 Å². The van der Waals surface area contributed by atoms with Crippen molar-refractivity contribution < 1.29 is 22.7 Å². The molecule has 4 unspecified atom stereocenters. The van der Waals surface area contributed by atoms with Gasteiger partial charge in [0.25, 0.3) is 5.91 Å². The average Bonchev–Trinajstić information content (AvgIpc) is 3.34. The van der Waals surface area contributed by atoms with Gasteiger partial charge in [-0.2, -0.15) is 23.4 Å². The molecule has 1 saturated carbocycles. The van der Waals surface area contributed by atoms with Crippen molar-refractivity contribution in [3.63, 3.8) is 0 Å². The summed E-state index contributed by atoms with van der Waals surface area (Å²) in [5.74, 6) is 0.0637. The minimum Gasteiger partial charge on any atom is -0.472 e. The van der Waals surface area contributed by atoms with E-state index in [1.807, 2.05) is 19.9 Å². The summed E-state index contributed by atoms with van der Waals surface area (Å²) in [6.45, 7) is 3.89. The van der Waals surface area contributed by atoms with Crippen molar-refractivity contribution in [1.29, 1.82) is 0 Å². The summed E-state index contributed by atoms with van der Waals surface area (Å²) >= 11 is 0. The normalized spacial score (nSPS) is 24.3. The lowest BCUT2D eigenvalue weighted by atomic mass is 9.73.